The molecule has 4 nitrogen and oxygen atoms in total. The molecule has 1 saturated heterocycles. The molecule has 0 radical (unpaired) electrons. The molecule has 4 heteroatoms. The Morgan fingerprint density at radius 1 is 1.50 bits per heavy atom. The van der Waals surface area contributed by atoms with Crippen LogP contribution in [0.15, 0.2) is 18.2 Å². The standard InChI is InChI=1S/C14H20N2O2/c1-9-8-11(5-6-13(9)17)14(18)16-12-4-3-7-15-10(12)2/h5-6,8,10,12,15,17H,3-4,7H2,1-2H3,(H,16,18). The third-order valence-corrected chi connectivity index (χ3v) is 3.54. The number of carbonyl (C=O) groups is 1. The van der Waals surface area contributed by atoms with Crippen molar-refractivity contribution in [2.75, 3.05) is 6.54 Å². The molecule has 0 aromatic heterocycles. The predicted octanol–water partition coefficient (Wildman–Crippen LogP) is 1.57. The zero-order valence-corrected chi connectivity index (χ0v) is 10.9. The van der Waals surface area contributed by atoms with Crippen molar-refractivity contribution in [1.82, 2.24) is 10.6 Å². The van der Waals surface area contributed by atoms with Crippen LogP contribution in [0.25, 0.3) is 0 Å². The molecule has 18 heavy (non-hydrogen) atoms. The minimum Gasteiger partial charge on any atom is -0.508 e. The number of carbonyl (C=O) groups excluding carboxylic acids is 1. The van der Waals surface area contributed by atoms with Crippen LogP contribution in [0.1, 0.15) is 35.7 Å². The van der Waals surface area contributed by atoms with Crippen molar-refractivity contribution in [3.8, 4) is 5.75 Å². The van der Waals surface area contributed by atoms with Crippen molar-refractivity contribution in [2.24, 2.45) is 0 Å². The highest BCUT2D eigenvalue weighted by Gasteiger charge is 2.22. The van der Waals surface area contributed by atoms with E-state index in [1.807, 2.05) is 0 Å². The van der Waals surface area contributed by atoms with E-state index < -0.39 is 0 Å². The van der Waals surface area contributed by atoms with Crippen LogP contribution in [0.2, 0.25) is 0 Å². The fraction of sp³-hybridized carbons (Fsp3) is 0.500. The third kappa shape index (κ3) is 2.82. The van der Waals surface area contributed by atoms with Crippen LogP contribution in [0.4, 0.5) is 0 Å². The van der Waals surface area contributed by atoms with E-state index in [0.717, 1.165) is 24.9 Å². The van der Waals surface area contributed by atoms with Crippen molar-refractivity contribution >= 4 is 5.91 Å². The van der Waals surface area contributed by atoms with Crippen LogP contribution >= 0.6 is 0 Å². The van der Waals surface area contributed by atoms with Crippen molar-refractivity contribution in [3.05, 3.63) is 29.3 Å². The van der Waals surface area contributed by atoms with Gasteiger partial charge in [0, 0.05) is 17.6 Å². The number of phenols is 1. The van der Waals surface area contributed by atoms with Crippen LogP contribution in [0, 0.1) is 6.92 Å². The summed E-state index contributed by atoms with van der Waals surface area (Å²) in [5, 5.41) is 15.9. The fourth-order valence-electron chi connectivity index (χ4n) is 2.29. The number of hydrogen-bond acceptors (Lipinski definition) is 3. The highest BCUT2D eigenvalue weighted by Crippen LogP contribution is 2.17. The molecule has 0 aliphatic carbocycles. The molecule has 2 unspecified atom stereocenters. The lowest BCUT2D eigenvalue weighted by Gasteiger charge is -2.30. The van der Waals surface area contributed by atoms with Gasteiger partial charge in [-0.2, -0.15) is 0 Å². The van der Waals surface area contributed by atoms with Crippen LogP contribution in [0.5, 0.6) is 5.75 Å². The first-order chi connectivity index (χ1) is 8.58. The highest BCUT2D eigenvalue weighted by atomic mass is 16.3. The van der Waals surface area contributed by atoms with Gasteiger partial charge in [0.15, 0.2) is 0 Å². The topological polar surface area (TPSA) is 61.4 Å². The number of hydrogen-bond donors (Lipinski definition) is 3. The molecule has 0 bridgehead atoms. The summed E-state index contributed by atoms with van der Waals surface area (Å²) in [5.41, 5.74) is 1.32. The summed E-state index contributed by atoms with van der Waals surface area (Å²) in [4.78, 5) is 12.1. The molecule has 0 saturated carbocycles. The molecule has 2 rings (SSSR count). The van der Waals surface area contributed by atoms with Gasteiger partial charge in [-0.1, -0.05) is 0 Å². The summed E-state index contributed by atoms with van der Waals surface area (Å²) < 4.78 is 0. The zero-order chi connectivity index (χ0) is 13.1. The first kappa shape index (κ1) is 12.9. The molecule has 1 amide bonds. The molecule has 1 aliphatic rings. The summed E-state index contributed by atoms with van der Waals surface area (Å²) in [6.07, 6.45) is 2.10. The number of benzene rings is 1. The van der Waals surface area contributed by atoms with Gasteiger partial charge in [-0.05, 0) is 57.0 Å². The highest BCUT2D eigenvalue weighted by molar-refractivity contribution is 5.94. The van der Waals surface area contributed by atoms with E-state index in [1.165, 1.54) is 0 Å². The molecule has 1 fully saturated rings. The van der Waals surface area contributed by atoms with Gasteiger partial charge in [0.1, 0.15) is 5.75 Å². The average Bonchev–Trinajstić information content (AvgIpc) is 2.35. The van der Waals surface area contributed by atoms with Crippen molar-refractivity contribution in [3.63, 3.8) is 0 Å². The smallest absolute Gasteiger partial charge is 0.251 e. The number of aromatic hydroxyl groups is 1. The minimum absolute atomic E-state index is 0.0707. The molecule has 1 aromatic carbocycles. The van der Waals surface area contributed by atoms with Crippen molar-refractivity contribution in [1.29, 1.82) is 0 Å². The molecule has 1 heterocycles. The minimum atomic E-state index is -0.0707. The van der Waals surface area contributed by atoms with E-state index in [1.54, 1.807) is 25.1 Å². The first-order valence-electron chi connectivity index (χ1n) is 6.42. The molecule has 0 spiro atoms. The Labute approximate surface area is 107 Å². The molecule has 3 N–H and O–H groups in total. The lowest BCUT2D eigenvalue weighted by Crippen LogP contribution is -2.51. The van der Waals surface area contributed by atoms with Gasteiger partial charge < -0.3 is 15.7 Å². The second-order valence-corrected chi connectivity index (χ2v) is 4.97. The van der Waals surface area contributed by atoms with E-state index in [9.17, 15) is 9.90 Å². The lowest BCUT2D eigenvalue weighted by molar-refractivity contribution is 0.0920. The van der Waals surface area contributed by atoms with E-state index >= 15 is 0 Å². The van der Waals surface area contributed by atoms with E-state index in [0.29, 0.717) is 11.6 Å². The summed E-state index contributed by atoms with van der Waals surface area (Å²) in [7, 11) is 0. The lowest BCUT2D eigenvalue weighted by atomic mass is 9.99. The maximum Gasteiger partial charge on any atom is 0.251 e. The first-order valence-corrected chi connectivity index (χ1v) is 6.42. The van der Waals surface area contributed by atoms with Gasteiger partial charge in [-0.15, -0.1) is 0 Å². The maximum absolute atomic E-state index is 12.1. The Kier molecular flexibility index (Phi) is 3.87. The zero-order valence-electron chi connectivity index (χ0n) is 10.9. The third-order valence-electron chi connectivity index (χ3n) is 3.54. The van der Waals surface area contributed by atoms with E-state index in [-0.39, 0.29) is 17.7 Å². The maximum atomic E-state index is 12.1. The number of amides is 1. The van der Waals surface area contributed by atoms with Crippen molar-refractivity contribution < 1.29 is 9.90 Å². The van der Waals surface area contributed by atoms with Gasteiger partial charge in [0.2, 0.25) is 0 Å². The molecular weight excluding hydrogens is 228 g/mol. The second kappa shape index (κ2) is 5.40. The Balaban J connectivity index is 2.04. The van der Waals surface area contributed by atoms with Crippen LogP contribution in [0.3, 0.4) is 0 Å². The number of nitrogens with one attached hydrogen (secondary N) is 2. The van der Waals surface area contributed by atoms with Crippen molar-refractivity contribution in [2.45, 2.75) is 38.8 Å². The molecular formula is C14H20N2O2. The Morgan fingerprint density at radius 3 is 2.94 bits per heavy atom. The largest absolute Gasteiger partial charge is 0.508 e. The number of rotatable bonds is 2. The Morgan fingerprint density at radius 2 is 2.28 bits per heavy atom. The van der Waals surface area contributed by atoms with Gasteiger partial charge in [-0.3, -0.25) is 4.79 Å². The van der Waals surface area contributed by atoms with Gasteiger partial charge >= 0.3 is 0 Å². The number of piperidine rings is 1. The predicted molar refractivity (Wildman–Crippen MR) is 70.8 cm³/mol. The molecule has 1 aliphatic heterocycles. The van der Waals surface area contributed by atoms with E-state index in [2.05, 4.69) is 17.6 Å². The Bertz CT molecular complexity index is 445. The second-order valence-electron chi connectivity index (χ2n) is 4.97. The summed E-state index contributed by atoms with van der Waals surface area (Å²) >= 11 is 0. The summed E-state index contributed by atoms with van der Waals surface area (Å²) in [6.45, 7) is 4.90. The van der Waals surface area contributed by atoms with Crippen LogP contribution < -0.4 is 10.6 Å². The van der Waals surface area contributed by atoms with Gasteiger partial charge in [-0.25, -0.2) is 0 Å². The number of phenolic OH excluding ortho intramolecular Hbond substituents is 1. The molecule has 1 aromatic rings. The molecule has 2 atom stereocenters. The van der Waals surface area contributed by atoms with Gasteiger partial charge in [0.05, 0.1) is 0 Å². The normalized spacial score (nSPS) is 23.7. The number of aryl methyl sites for hydroxylation is 1. The van der Waals surface area contributed by atoms with Crippen LogP contribution in [-0.2, 0) is 0 Å². The van der Waals surface area contributed by atoms with Gasteiger partial charge in [0.25, 0.3) is 5.91 Å². The van der Waals surface area contributed by atoms with E-state index in [4.69, 9.17) is 0 Å². The summed E-state index contributed by atoms with van der Waals surface area (Å²) in [5.74, 6) is 0.151. The molecule has 98 valence electrons. The summed E-state index contributed by atoms with van der Waals surface area (Å²) in [6, 6.07) is 5.41. The average molecular weight is 248 g/mol. The quantitative estimate of drug-likeness (QED) is 0.744. The Hall–Kier alpha value is -1.55. The van der Waals surface area contributed by atoms with Crippen LogP contribution in [-0.4, -0.2) is 29.6 Å². The SMILES string of the molecule is Cc1cc(C(=O)NC2CCCNC2C)ccc1O. The fourth-order valence-corrected chi connectivity index (χ4v) is 2.29. The monoisotopic (exact) mass is 248 g/mol.